The van der Waals surface area contributed by atoms with Crippen molar-refractivity contribution >= 4 is 23.3 Å². The lowest BCUT2D eigenvalue weighted by Crippen LogP contribution is -2.32. The molecule has 84 valence electrons. The van der Waals surface area contributed by atoms with E-state index in [4.69, 9.17) is 16.9 Å². The zero-order chi connectivity index (χ0) is 11.8. The van der Waals surface area contributed by atoms with Gasteiger partial charge in [-0.05, 0) is 18.8 Å². The van der Waals surface area contributed by atoms with Gasteiger partial charge in [0.15, 0.2) is 5.82 Å². The Bertz CT molecular complexity index is 580. The van der Waals surface area contributed by atoms with E-state index in [2.05, 4.69) is 20.3 Å². The summed E-state index contributed by atoms with van der Waals surface area (Å²) in [6.45, 7) is 0. The van der Waals surface area contributed by atoms with Crippen LogP contribution in [0.5, 0.6) is 0 Å². The summed E-state index contributed by atoms with van der Waals surface area (Å²) in [5, 5.41) is 12.2. The number of hydrogen-bond donors (Lipinski definition) is 1. The van der Waals surface area contributed by atoms with Crippen LogP contribution in [0.4, 0.5) is 5.82 Å². The summed E-state index contributed by atoms with van der Waals surface area (Å²) in [4.78, 5) is 11.9. The molecule has 0 spiro atoms. The number of amidine groups is 1. The van der Waals surface area contributed by atoms with Gasteiger partial charge in [0.25, 0.3) is 0 Å². The van der Waals surface area contributed by atoms with Crippen LogP contribution in [0.2, 0.25) is 5.02 Å². The van der Waals surface area contributed by atoms with Crippen molar-refractivity contribution in [3.63, 3.8) is 0 Å². The summed E-state index contributed by atoms with van der Waals surface area (Å²) >= 11 is 5.90. The van der Waals surface area contributed by atoms with Gasteiger partial charge in [-0.3, -0.25) is 0 Å². The van der Waals surface area contributed by atoms with Gasteiger partial charge in [-0.15, -0.1) is 0 Å². The molecular formula is C11H8ClN5. The fourth-order valence-electron chi connectivity index (χ4n) is 1.57. The van der Waals surface area contributed by atoms with Gasteiger partial charge < -0.3 is 5.32 Å². The Morgan fingerprint density at radius 3 is 2.94 bits per heavy atom. The number of halogens is 1. The summed E-state index contributed by atoms with van der Waals surface area (Å²) in [6, 6.07) is 1.85. The molecule has 0 unspecified atom stereocenters. The van der Waals surface area contributed by atoms with Gasteiger partial charge in [-0.1, -0.05) is 11.6 Å². The van der Waals surface area contributed by atoms with Gasteiger partial charge in [0.05, 0.1) is 6.20 Å². The van der Waals surface area contributed by atoms with Crippen LogP contribution in [-0.2, 0) is 0 Å². The van der Waals surface area contributed by atoms with Crippen LogP contribution in [0, 0.1) is 17.2 Å². The molecule has 1 N–H and O–H groups in total. The van der Waals surface area contributed by atoms with Crippen LogP contribution in [-0.4, -0.2) is 15.8 Å². The standard InChI is InChI=1S/C11H8ClN5/c12-7-5-14-10(4-13)17-11(7)16-9-3-8(15-9)6-1-2-6/h3,5-6H,1-2H2,(H,14,15,16,17). The highest BCUT2D eigenvalue weighted by Gasteiger charge is 2.30. The van der Waals surface area contributed by atoms with Crippen LogP contribution >= 0.6 is 11.6 Å². The molecule has 1 aromatic heterocycles. The molecule has 0 atom stereocenters. The Kier molecular flexibility index (Phi) is 2.30. The minimum atomic E-state index is 0.0690. The van der Waals surface area contributed by atoms with E-state index >= 15 is 0 Å². The molecule has 1 saturated carbocycles. The van der Waals surface area contributed by atoms with Gasteiger partial charge in [0, 0.05) is 11.8 Å². The van der Waals surface area contributed by atoms with Gasteiger partial charge in [-0.2, -0.15) is 10.2 Å². The van der Waals surface area contributed by atoms with E-state index in [1.165, 1.54) is 24.7 Å². The fourth-order valence-corrected chi connectivity index (χ4v) is 1.70. The SMILES string of the molecule is N#Cc1ncc(Cl)c(N=C2C=C(C3CC3)N2)n1. The Balaban J connectivity index is 1.86. The molecule has 6 heteroatoms. The summed E-state index contributed by atoms with van der Waals surface area (Å²) in [5.74, 6) is 1.81. The number of nitrogens with one attached hydrogen (secondary N) is 1. The van der Waals surface area contributed by atoms with Crippen LogP contribution in [0.1, 0.15) is 18.7 Å². The van der Waals surface area contributed by atoms with Gasteiger partial charge in [-0.25, -0.2) is 9.98 Å². The Morgan fingerprint density at radius 1 is 1.53 bits per heavy atom. The van der Waals surface area contributed by atoms with E-state index in [1.807, 2.05) is 12.1 Å². The molecule has 1 aromatic rings. The van der Waals surface area contributed by atoms with E-state index in [0.29, 0.717) is 16.8 Å². The number of hydrogen-bond acceptors (Lipinski definition) is 4. The molecule has 0 aromatic carbocycles. The summed E-state index contributed by atoms with van der Waals surface area (Å²) in [7, 11) is 0. The Labute approximate surface area is 103 Å². The molecule has 17 heavy (non-hydrogen) atoms. The molecule has 0 radical (unpaired) electrons. The second-order valence-electron chi connectivity index (χ2n) is 3.97. The first-order valence-corrected chi connectivity index (χ1v) is 5.64. The highest BCUT2D eigenvalue weighted by Crippen LogP contribution is 2.37. The predicted octanol–water partition coefficient (Wildman–Crippen LogP) is 1.93. The molecule has 3 rings (SSSR count). The zero-order valence-corrected chi connectivity index (χ0v) is 9.57. The summed E-state index contributed by atoms with van der Waals surface area (Å²) in [6.07, 6.45) is 5.87. The maximum atomic E-state index is 8.69. The lowest BCUT2D eigenvalue weighted by molar-refractivity contribution is 0.875. The Hall–Kier alpha value is -1.93. The first-order valence-electron chi connectivity index (χ1n) is 5.26. The molecule has 0 bridgehead atoms. The third kappa shape index (κ3) is 1.99. The van der Waals surface area contributed by atoms with E-state index in [0.717, 1.165) is 5.84 Å². The Morgan fingerprint density at radius 2 is 2.29 bits per heavy atom. The van der Waals surface area contributed by atoms with Crippen molar-refractivity contribution in [2.75, 3.05) is 0 Å². The van der Waals surface area contributed by atoms with E-state index in [9.17, 15) is 0 Å². The number of allylic oxidation sites excluding steroid dienone is 1. The molecule has 0 saturated heterocycles. The molecular weight excluding hydrogens is 238 g/mol. The highest BCUT2D eigenvalue weighted by atomic mass is 35.5. The third-order valence-corrected chi connectivity index (χ3v) is 2.90. The number of aliphatic imine (C=N–C) groups is 1. The maximum absolute atomic E-state index is 8.69. The van der Waals surface area contributed by atoms with E-state index in [1.54, 1.807) is 0 Å². The minimum absolute atomic E-state index is 0.0690. The summed E-state index contributed by atoms with van der Waals surface area (Å²) in [5.41, 5.74) is 1.23. The van der Waals surface area contributed by atoms with Gasteiger partial charge in [0.1, 0.15) is 16.9 Å². The van der Waals surface area contributed by atoms with Crippen molar-refractivity contribution in [1.29, 1.82) is 5.26 Å². The van der Waals surface area contributed by atoms with Crippen LogP contribution < -0.4 is 5.32 Å². The van der Waals surface area contributed by atoms with Crippen molar-refractivity contribution in [2.45, 2.75) is 12.8 Å². The second kappa shape index (κ2) is 3.82. The third-order valence-electron chi connectivity index (χ3n) is 2.63. The van der Waals surface area contributed by atoms with Crippen molar-refractivity contribution in [2.24, 2.45) is 10.9 Å². The lowest BCUT2D eigenvalue weighted by Gasteiger charge is -2.19. The number of rotatable bonds is 2. The summed E-state index contributed by atoms with van der Waals surface area (Å²) < 4.78 is 0. The number of nitriles is 1. The van der Waals surface area contributed by atoms with Crippen molar-refractivity contribution in [3.8, 4) is 6.07 Å². The van der Waals surface area contributed by atoms with E-state index < -0.39 is 0 Å². The topological polar surface area (TPSA) is 74.0 Å². The molecule has 1 aliphatic heterocycles. The molecule has 5 nitrogen and oxygen atoms in total. The largest absolute Gasteiger partial charge is 0.343 e. The number of nitrogens with zero attached hydrogens (tertiary/aromatic N) is 4. The van der Waals surface area contributed by atoms with Crippen LogP contribution in [0.3, 0.4) is 0 Å². The van der Waals surface area contributed by atoms with Crippen LogP contribution in [0.15, 0.2) is 23.0 Å². The van der Waals surface area contributed by atoms with Gasteiger partial charge >= 0.3 is 0 Å². The average Bonchev–Trinajstić information content (AvgIpc) is 3.09. The highest BCUT2D eigenvalue weighted by molar-refractivity contribution is 6.32. The van der Waals surface area contributed by atoms with Crippen molar-refractivity contribution < 1.29 is 0 Å². The average molecular weight is 246 g/mol. The monoisotopic (exact) mass is 245 g/mol. The lowest BCUT2D eigenvalue weighted by atomic mass is 10.2. The zero-order valence-electron chi connectivity index (χ0n) is 8.81. The predicted molar refractivity (Wildman–Crippen MR) is 62.8 cm³/mol. The molecule has 0 amide bonds. The van der Waals surface area contributed by atoms with Crippen molar-refractivity contribution in [1.82, 2.24) is 15.3 Å². The van der Waals surface area contributed by atoms with Crippen molar-refractivity contribution in [3.05, 3.63) is 28.8 Å². The smallest absolute Gasteiger partial charge is 0.234 e. The molecule has 2 heterocycles. The molecule has 1 aliphatic carbocycles. The van der Waals surface area contributed by atoms with E-state index in [-0.39, 0.29) is 5.82 Å². The first kappa shape index (κ1) is 10.2. The minimum Gasteiger partial charge on any atom is -0.343 e. The fraction of sp³-hybridized carbons (Fsp3) is 0.273. The van der Waals surface area contributed by atoms with Gasteiger partial charge in [0.2, 0.25) is 5.82 Å². The van der Waals surface area contributed by atoms with Crippen LogP contribution in [0.25, 0.3) is 0 Å². The second-order valence-corrected chi connectivity index (χ2v) is 4.38. The number of aromatic nitrogens is 2. The molecule has 2 aliphatic rings. The normalized spacial score (nSPS) is 20.2. The molecule has 1 fully saturated rings. The first-order chi connectivity index (χ1) is 8.26. The maximum Gasteiger partial charge on any atom is 0.234 e. The quantitative estimate of drug-likeness (QED) is 0.864.